The van der Waals surface area contributed by atoms with E-state index in [9.17, 15) is 4.79 Å². The molecule has 2 N–H and O–H groups in total. The molecule has 0 unspecified atom stereocenters. The molecule has 5 rings (SSSR count). The standard InChI is InChI=1S/C28H27N5O2S/c1-2-35-22-15-13-21(14-16-22)32-18-8-12-24(32)27-26(23-11-6-7-17-29-23)31-28(36)33(27)19-25(34)30-20-9-4-3-5-10-20/h3-18,26-27H,2,19H2,1H3,(H,30,34)(H,31,36)/t26-,27-/m1/s1. The quantitative estimate of drug-likeness (QED) is 0.338. The van der Waals surface area contributed by atoms with Crippen molar-refractivity contribution in [2.75, 3.05) is 18.5 Å². The fourth-order valence-electron chi connectivity index (χ4n) is 4.51. The van der Waals surface area contributed by atoms with Crippen LogP contribution in [0, 0.1) is 0 Å². The lowest BCUT2D eigenvalue weighted by atomic mass is 10.0. The van der Waals surface area contributed by atoms with Crippen LogP contribution in [0.3, 0.4) is 0 Å². The van der Waals surface area contributed by atoms with Gasteiger partial charge in [0.25, 0.3) is 0 Å². The minimum atomic E-state index is -0.254. The number of ether oxygens (including phenoxy) is 1. The summed E-state index contributed by atoms with van der Waals surface area (Å²) in [5, 5.41) is 6.90. The largest absolute Gasteiger partial charge is 0.494 e. The molecule has 1 fully saturated rings. The lowest BCUT2D eigenvalue weighted by Gasteiger charge is -2.28. The lowest BCUT2D eigenvalue weighted by Crippen LogP contribution is -2.37. The molecule has 1 amide bonds. The number of thiocarbonyl (C=S) groups is 1. The van der Waals surface area contributed by atoms with E-state index in [1.54, 1.807) is 6.20 Å². The number of para-hydroxylation sites is 1. The number of rotatable bonds is 8. The fourth-order valence-corrected chi connectivity index (χ4v) is 4.82. The van der Waals surface area contributed by atoms with Crippen LogP contribution in [0.25, 0.3) is 5.69 Å². The lowest BCUT2D eigenvalue weighted by molar-refractivity contribution is -0.116. The van der Waals surface area contributed by atoms with Gasteiger partial charge in [0.1, 0.15) is 12.3 Å². The van der Waals surface area contributed by atoms with Gasteiger partial charge in [-0.05, 0) is 79.8 Å². The molecule has 1 saturated heterocycles. The van der Waals surface area contributed by atoms with Gasteiger partial charge in [0.15, 0.2) is 5.11 Å². The molecule has 8 heteroatoms. The predicted octanol–water partition coefficient (Wildman–Crippen LogP) is 4.88. The molecule has 2 atom stereocenters. The number of carbonyl (C=O) groups is 1. The second-order valence-electron chi connectivity index (χ2n) is 8.40. The number of carbonyl (C=O) groups excluding carboxylic acids is 1. The predicted molar refractivity (Wildman–Crippen MR) is 144 cm³/mol. The van der Waals surface area contributed by atoms with Crippen LogP contribution in [0.15, 0.2) is 97.3 Å². The van der Waals surface area contributed by atoms with Crippen LogP contribution in [0.1, 0.15) is 30.4 Å². The molecule has 2 aromatic carbocycles. The van der Waals surface area contributed by atoms with E-state index in [2.05, 4.69) is 26.3 Å². The number of benzene rings is 2. The number of hydrogen-bond acceptors (Lipinski definition) is 4. The second kappa shape index (κ2) is 10.6. The number of aromatic nitrogens is 2. The van der Waals surface area contributed by atoms with Gasteiger partial charge in [0, 0.05) is 29.5 Å². The second-order valence-corrected chi connectivity index (χ2v) is 8.79. The van der Waals surface area contributed by atoms with E-state index < -0.39 is 0 Å². The first-order valence-corrected chi connectivity index (χ1v) is 12.3. The van der Waals surface area contributed by atoms with E-state index >= 15 is 0 Å². The van der Waals surface area contributed by atoms with Gasteiger partial charge in [-0.1, -0.05) is 24.3 Å². The minimum absolute atomic E-state index is 0.100. The summed E-state index contributed by atoms with van der Waals surface area (Å²) >= 11 is 5.74. The van der Waals surface area contributed by atoms with Gasteiger partial charge in [0.2, 0.25) is 5.91 Å². The van der Waals surface area contributed by atoms with Crippen molar-refractivity contribution in [1.82, 2.24) is 19.8 Å². The summed E-state index contributed by atoms with van der Waals surface area (Å²) < 4.78 is 7.73. The molecule has 1 aliphatic rings. The van der Waals surface area contributed by atoms with Gasteiger partial charge >= 0.3 is 0 Å². The van der Waals surface area contributed by atoms with E-state index in [-0.39, 0.29) is 24.5 Å². The molecule has 0 radical (unpaired) electrons. The van der Waals surface area contributed by atoms with Crippen molar-refractivity contribution in [3.8, 4) is 11.4 Å². The first-order chi connectivity index (χ1) is 17.6. The summed E-state index contributed by atoms with van der Waals surface area (Å²) in [5.74, 6) is 0.681. The number of hydrogen-bond donors (Lipinski definition) is 2. The van der Waals surface area contributed by atoms with Crippen molar-refractivity contribution in [3.63, 3.8) is 0 Å². The Labute approximate surface area is 215 Å². The summed E-state index contributed by atoms with van der Waals surface area (Å²) in [5.41, 5.74) is 3.59. The highest BCUT2D eigenvalue weighted by Gasteiger charge is 2.42. The molecule has 2 aromatic heterocycles. The maximum absolute atomic E-state index is 13.0. The van der Waals surface area contributed by atoms with Gasteiger partial charge in [-0.2, -0.15) is 0 Å². The minimum Gasteiger partial charge on any atom is -0.494 e. The molecule has 182 valence electrons. The number of anilines is 1. The monoisotopic (exact) mass is 497 g/mol. The van der Waals surface area contributed by atoms with Crippen LogP contribution >= 0.6 is 12.2 Å². The molecule has 3 heterocycles. The number of nitrogens with zero attached hydrogens (tertiary/aromatic N) is 3. The third-order valence-electron chi connectivity index (χ3n) is 6.08. The molecule has 4 aromatic rings. The number of nitrogens with one attached hydrogen (secondary N) is 2. The van der Waals surface area contributed by atoms with E-state index in [0.717, 1.165) is 28.5 Å². The molecule has 7 nitrogen and oxygen atoms in total. The Kier molecular flexibility index (Phi) is 6.95. The third-order valence-corrected chi connectivity index (χ3v) is 6.43. The average molecular weight is 498 g/mol. The van der Waals surface area contributed by atoms with Crippen molar-refractivity contribution >= 4 is 28.9 Å². The Morgan fingerprint density at radius 3 is 2.53 bits per heavy atom. The van der Waals surface area contributed by atoms with Gasteiger partial charge in [-0.3, -0.25) is 9.78 Å². The fraction of sp³-hybridized carbons (Fsp3) is 0.179. The Morgan fingerprint density at radius 2 is 1.81 bits per heavy atom. The van der Waals surface area contributed by atoms with E-state index in [1.807, 2.05) is 96.9 Å². The van der Waals surface area contributed by atoms with E-state index in [4.69, 9.17) is 17.0 Å². The van der Waals surface area contributed by atoms with Crippen molar-refractivity contribution < 1.29 is 9.53 Å². The normalized spacial score (nSPS) is 17.0. The average Bonchev–Trinajstić information content (AvgIpc) is 3.50. The van der Waals surface area contributed by atoms with Crippen LogP contribution in [0.4, 0.5) is 5.69 Å². The SMILES string of the molecule is CCOc1ccc(-n2cccc2[C@@H]2[C@@H](c3ccccn3)NC(=S)N2CC(=O)Nc2ccccc2)cc1. The summed E-state index contributed by atoms with van der Waals surface area (Å²) in [6.45, 7) is 2.68. The smallest absolute Gasteiger partial charge is 0.244 e. The van der Waals surface area contributed by atoms with Crippen LogP contribution in [0.2, 0.25) is 0 Å². The molecule has 0 aliphatic carbocycles. The zero-order valence-electron chi connectivity index (χ0n) is 19.9. The first-order valence-electron chi connectivity index (χ1n) is 11.9. The zero-order chi connectivity index (χ0) is 24.9. The highest BCUT2D eigenvalue weighted by Crippen LogP contribution is 2.39. The Morgan fingerprint density at radius 1 is 1.03 bits per heavy atom. The molecular weight excluding hydrogens is 470 g/mol. The van der Waals surface area contributed by atoms with E-state index in [0.29, 0.717) is 11.7 Å². The first kappa shape index (κ1) is 23.6. The highest BCUT2D eigenvalue weighted by molar-refractivity contribution is 7.80. The van der Waals surface area contributed by atoms with Crippen molar-refractivity contribution in [1.29, 1.82) is 0 Å². The van der Waals surface area contributed by atoms with Gasteiger partial charge in [-0.15, -0.1) is 0 Å². The zero-order valence-corrected chi connectivity index (χ0v) is 20.7. The summed E-state index contributed by atoms with van der Waals surface area (Å²) in [6.07, 6.45) is 3.79. The van der Waals surface area contributed by atoms with Crippen molar-refractivity contribution in [2.24, 2.45) is 0 Å². The van der Waals surface area contributed by atoms with Crippen molar-refractivity contribution in [2.45, 2.75) is 19.0 Å². The number of pyridine rings is 1. The van der Waals surface area contributed by atoms with Crippen LogP contribution < -0.4 is 15.4 Å². The molecule has 0 bridgehead atoms. The Hall–Kier alpha value is -4.17. The summed E-state index contributed by atoms with van der Waals surface area (Å²) in [7, 11) is 0. The van der Waals surface area contributed by atoms with E-state index in [1.165, 1.54) is 0 Å². The van der Waals surface area contributed by atoms with Gasteiger partial charge in [0.05, 0.1) is 24.4 Å². The molecule has 1 aliphatic heterocycles. The van der Waals surface area contributed by atoms with Crippen LogP contribution in [-0.2, 0) is 4.79 Å². The molecule has 0 saturated carbocycles. The summed E-state index contributed by atoms with van der Waals surface area (Å²) in [4.78, 5) is 19.6. The van der Waals surface area contributed by atoms with Gasteiger partial charge < -0.3 is 24.8 Å². The Bertz CT molecular complexity index is 1330. The number of amides is 1. The molecule has 0 spiro atoms. The summed E-state index contributed by atoms with van der Waals surface area (Å²) in [6, 6.07) is 26.8. The van der Waals surface area contributed by atoms with Gasteiger partial charge in [-0.25, -0.2) is 0 Å². The molecule has 36 heavy (non-hydrogen) atoms. The topological polar surface area (TPSA) is 71.4 Å². The maximum atomic E-state index is 13.0. The third kappa shape index (κ3) is 4.94. The van der Waals surface area contributed by atoms with Crippen LogP contribution in [0.5, 0.6) is 5.75 Å². The van der Waals surface area contributed by atoms with Crippen molar-refractivity contribution in [3.05, 3.63) is 109 Å². The highest BCUT2D eigenvalue weighted by atomic mass is 32.1. The molecular formula is C28H27N5O2S. The maximum Gasteiger partial charge on any atom is 0.244 e. The van der Waals surface area contributed by atoms with Crippen LogP contribution in [-0.4, -0.2) is 38.6 Å². The Balaban J connectivity index is 1.49.